The summed E-state index contributed by atoms with van der Waals surface area (Å²) in [4.78, 5) is 41.0. The van der Waals surface area contributed by atoms with Crippen LogP contribution in [-0.4, -0.2) is 40.1 Å². The Morgan fingerprint density at radius 3 is 2.56 bits per heavy atom. The topological polar surface area (TPSA) is 153 Å². The number of carbonyl (C=O) groups is 2. The second kappa shape index (κ2) is 10.3. The standard InChI is InChI=1S/C23H25N5O4/c24-23(25)26-12-4-11-19(22(31)32)27-20(29)18-10-5-13-28(21(18)30)14-16-8-3-7-15-6-1-2-9-17(15)16/h1-3,5-10,13,19H,4,11-12,14H2,(H,27,29)(H,31,32)(H4,24,25,26). The molecule has 1 heterocycles. The van der Waals surface area contributed by atoms with Gasteiger partial charge in [0.2, 0.25) is 0 Å². The van der Waals surface area contributed by atoms with E-state index < -0.39 is 23.5 Å². The van der Waals surface area contributed by atoms with Crippen LogP contribution in [0, 0.1) is 0 Å². The van der Waals surface area contributed by atoms with Crippen LogP contribution in [0.1, 0.15) is 28.8 Å². The number of amides is 1. The van der Waals surface area contributed by atoms with Gasteiger partial charge in [-0.25, -0.2) is 4.79 Å². The summed E-state index contributed by atoms with van der Waals surface area (Å²) in [6.45, 7) is 0.521. The molecule has 0 aliphatic carbocycles. The van der Waals surface area contributed by atoms with Crippen molar-refractivity contribution in [1.82, 2.24) is 9.88 Å². The lowest BCUT2D eigenvalue weighted by Gasteiger charge is -2.15. The first-order chi connectivity index (χ1) is 15.4. The molecule has 0 saturated carbocycles. The monoisotopic (exact) mass is 435 g/mol. The number of fused-ring (bicyclic) bond motifs is 1. The van der Waals surface area contributed by atoms with E-state index in [0.717, 1.165) is 16.3 Å². The van der Waals surface area contributed by atoms with Gasteiger partial charge in [-0.2, -0.15) is 0 Å². The number of hydrogen-bond acceptors (Lipinski definition) is 4. The predicted molar refractivity (Wildman–Crippen MR) is 123 cm³/mol. The van der Waals surface area contributed by atoms with Crippen molar-refractivity contribution in [1.29, 1.82) is 0 Å². The Balaban J connectivity index is 1.78. The Morgan fingerprint density at radius 2 is 1.81 bits per heavy atom. The van der Waals surface area contributed by atoms with Crippen LogP contribution >= 0.6 is 0 Å². The second-order valence-corrected chi connectivity index (χ2v) is 7.31. The number of carboxylic acids is 1. The minimum absolute atomic E-state index is 0.0862. The van der Waals surface area contributed by atoms with Crippen LogP contribution < -0.4 is 22.3 Å². The molecule has 0 aliphatic rings. The average molecular weight is 435 g/mol. The molecule has 0 radical (unpaired) electrons. The minimum Gasteiger partial charge on any atom is -0.480 e. The summed E-state index contributed by atoms with van der Waals surface area (Å²) in [7, 11) is 0. The Hall–Kier alpha value is -4.14. The number of rotatable bonds is 9. The lowest BCUT2D eigenvalue weighted by Crippen LogP contribution is -2.43. The van der Waals surface area contributed by atoms with Gasteiger partial charge in [0.1, 0.15) is 11.6 Å². The maximum Gasteiger partial charge on any atom is 0.326 e. The fourth-order valence-corrected chi connectivity index (χ4v) is 3.44. The fourth-order valence-electron chi connectivity index (χ4n) is 3.44. The third kappa shape index (κ3) is 5.51. The van der Waals surface area contributed by atoms with E-state index in [1.807, 2.05) is 42.5 Å². The highest BCUT2D eigenvalue weighted by Crippen LogP contribution is 2.19. The molecule has 3 rings (SSSR count). The van der Waals surface area contributed by atoms with Crippen molar-refractivity contribution < 1.29 is 14.7 Å². The first-order valence-electron chi connectivity index (χ1n) is 10.1. The number of aliphatic carboxylic acids is 1. The summed E-state index contributed by atoms with van der Waals surface area (Å²) in [6, 6.07) is 15.5. The van der Waals surface area contributed by atoms with Crippen LogP contribution in [0.2, 0.25) is 0 Å². The maximum absolute atomic E-state index is 12.9. The molecule has 9 heteroatoms. The maximum atomic E-state index is 12.9. The molecule has 0 fully saturated rings. The van der Waals surface area contributed by atoms with E-state index in [1.54, 1.807) is 12.3 Å². The average Bonchev–Trinajstić information content (AvgIpc) is 2.77. The molecule has 1 amide bonds. The highest BCUT2D eigenvalue weighted by Gasteiger charge is 2.22. The number of guanidine groups is 1. The van der Waals surface area contributed by atoms with Crippen molar-refractivity contribution in [3.63, 3.8) is 0 Å². The van der Waals surface area contributed by atoms with E-state index in [0.29, 0.717) is 6.42 Å². The van der Waals surface area contributed by atoms with Gasteiger partial charge in [-0.1, -0.05) is 42.5 Å². The first-order valence-corrected chi connectivity index (χ1v) is 10.1. The summed E-state index contributed by atoms with van der Waals surface area (Å²) in [5, 5.41) is 13.9. The zero-order valence-electron chi connectivity index (χ0n) is 17.4. The second-order valence-electron chi connectivity index (χ2n) is 7.31. The van der Waals surface area contributed by atoms with E-state index in [4.69, 9.17) is 11.5 Å². The molecule has 6 N–H and O–H groups in total. The molecule has 0 saturated heterocycles. The van der Waals surface area contributed by atoms with Crippen molar-refractivity contribution in [3.8, 4) is 0 Å². The number of carbonyl (C=O) groups excluding carboxylic acids is 1. The Morgan fingerprint density at radius 1 is 1.06 bits per heavy atom. The number of pyridine rings is 1. The minimum atomic E-state index is -1.20. The number of benzene rings is 2. The van der Waals surface area contributed by atoms with Gasteiger partial charge in [-0.3, -0.25) is 14.6 Å². The molecule has 2 aromatic carbocycles. The molecule has 1 atom stereocenters. The van der Waals surface area contributed by atoms with Crippen LogP contribution in [0.15, 0.2) is 70.6 Å². The van der Waals surface area contributed by atoms with Crippen LogP contribution in [0.3, 0.4) is 0 Å². The molecule has 0 spiro atoms. The Bertz CT molecular complexity index is 1210. The van der Waals surface area contributed by atoms with Crippen molar-refractivity contribution in [2.24, 2.45) is 16.5 Å². The lowest BCUT2D eigenvalue weighted by atomic mass is 10.0. The van der Waals surface area contributed by atoms with Crippen molar-refractivity contribution in [3.05, 3.63) is 82.3 Å². The number of nitrogens with zero attached hydrogens (tertiary/aromatic N) is 2. The quantitative estimate of drug-likeness (QED) is 0.226. The van der Waals surface area contributed by atoms with E-state index in [-0.39, 0.29) is 31.0 Å². The normalized spacial score (nSPS) is 11.6. The first kappa shape index (κ1) is 22.5. The number of aliphatic imine (C=N–C) groups is 1. The van der Waals surface area contributed by atoms with Crippen LogP contribution in [0.5, 0.6) is 0 Å². The van der Waals surface area contributed by atoms with Gasteiger partial charge in [-0.15, -0.1) is 0 Å². The molecule has 32 heavy (non-hydrogen) atoms. The van der Waals surface area contributed by atoms with Crippen LogP contribution in [0.25, 0.3) is 10.8 Å². The summed E-state index contributed by atoms with van der Waals surface area (Å²) in [6.07, 6.45) is 2.08. The van der Waals surface area contributed by atoms with Gasteiger partial charge in [0.15, 0.2) is 5.96 Å². The predicted octanol–water partition coefficient (Wildman–Crippen LogP) is 1.29. The van der Waals surface area contributed by atoms with E-state index >= 15 is 0 Å². The molecule has 1 aromatic heterocycles. The number of nitrogens with two attached hydrogens (primary N) is 2. The molecular weight excluding hydrogens is 410 g/mol. The zero-order valence-corrected chi connectivity index (χ0v) is 17.4. The summed E-state index contributed by atoms with van der Waals surface area (Å²) in [5.41, 5.74) is 10.8. The van der Waals surface area contributed by atoms with Gasteiger partial charge in [0.25, 0.3) is 11.5 Å². The molecule has 3 aromatic rings. The van der Waals surface area contributed by atoms with E-state index in [1.165, 1.54) is 10.6 Å². The number of hydrogen-bond donors (Lipinski definition) is 4. The van der Waals surface area contributed by atoms with Crippen molar-refractivity contribution in [2.75, 3.05) is 6.54 Å². The Kier molecular flexibility index (Phi) is 7.22. The highest BCUT2D eigenvalue weighted by molar-refractivity contribution is 5.96. The van der Waals surface area contributed by atoms with Gasteiger partial charge in [0.05, 0.1) is 6.54 Å². The zero-order chi connectivity index (χ0) is 23.1. The summed E-state index contributed by atoms with van der Waals surface area (Å²) in [5.74, 6) is -2.02. The smallest absolute Gasteiger partial charge is 0.326 e. The van der Waals surface area contributed by atoms with E-state index in [2.05, 4.69) is 10.3 Å². The van der Waals surface area contributed by atoms with Gasteiger partial charge in [-0.05, 0) is 41.3 Å². The SMILES string of the molecule is NC(N)=NCCCC(NC(=O)c1cccn(Cc2cccc3ccccc23)c1=O)C(=O)O. The number of nitrogens with one attached hydrogen (secondary N) is 1. The highest BCUT2D eigenvalue weighted by atomic mass is 16.4. The largest absolute Gasteiger partial charge is 0.480 e. The number of carboxylic acid groups (broad SMARTS) is 1. The molecule has 1 unspecified atom stereocenters. The Labute approximate surface area is 184 Å². The fraction of sp³-hybridized carbons (Fsp3) is 0.217. The molecular formula is C23H25N5O4. The van der Waals surface area contributed by atoms with Crippen LogP contribution in [-0.2, 0) is 11.3 Å². The lowest BCUT2D eigenvalue weighted by molar-refractivity contribution is -0.139. The molecule has 166 valence electrons. The van der Waals surface area contributed by atoms with Crippen molar-refractivity contribution in [2.45, 2.75) is 25.4 Å². The third-order valence-corrected chi connectivity index (χ3v) is 5.03. The van der Waals surface area contributed by atoms with Crippen LogP contribution in [0.4, 0.5) is 0 Å². The van der Waals surface area contributed by atoms with E-state index in [9.17, 15) is 19.5 Å². The number of aromatic nitrogens is 1. The van der Waals surface area contributed by atoms with Gasteiger partial charge in [0, 0.05) is 12.7 Å². The molecule has 0 bridgehead atoms. The molecule has 0 aliphatic heterocycles. The third-order valence-electron chi connectivity index (χ3n) is 5.03. The summed E-state index contributed by atoms with van der Waals surface area (Å²) < 4.78 is 1.44. The molecule has 9 nitrogen and oxygen atoms in total. The van der Waals surface area contributed by atoms with Crippen molar-refractivity contribution >= 4 is 28.6 Å². The summed E-state index contributed by atoms with van der Waals surface area (Å²) >= 11 is 0. The van der Waals surface area contributed by atoms with Gasteiger partial charge < -0.3 is 26.5 Å². The van der Waals surface area contributed by atoms with Gasteiger partial charge >= 0.3 is 5.97 Å².